The fourth-order valence-corrected chi connectivity index (χ4v) is 4.01. The van der Waals surface area contributed by atoms with E-state index in [1.54, 1.807) is 0 Å². The highest BCUT2D eigenvalue weighted by Crippen LogP contribution is 2.43. The molecule has 0 N–H and O–H groups in total. The van der Waals surface area contributed by atoms with E-state index in [0.29, 0.717) is 0 Å². The van der Waals surface area contributed by atoms with Crippen molar-refractivity contribution in [3.05, 3.63) is 114 Å². The van der Waals surface area contributed by atoms with Gasteiger partial charge in [0.2, 0.25) is 0 Å². The fraction of sp³-hybridized carbons (Fsp3) is 0.0870. The van der Waals surface area contributed by atoms with Crippen LogP contribution in [-0.4, -0.2) is 5.78 Å². The number of hydrogen-bond acceptors (Lipinski definition) is 1. The summed E-state index contributed by atoms with van der Waals surface area (Å²) in [6, 6.07) is 29.8. The Kier molecular flexibility index (Phi) is 5.49. The molecule has 3 aromatic rings. The van der Waals surface area contributed by atoms with Gasteiger partial charge >= 0.3 is 0 Å². The first-order chi connectivity index (χ1) is 12.2. The lowest BCUT2D eigenvalue weighted by molar-refractivity contribution is -0.114. The molecule has 0 radical (unpaired) electrons. The maximum Gasteiger partial charge on any atom is 0.187 e. The third-order valence-electron chi connectivity index (χ3n) is 4.27. The highest BCUT2D eigenvalue weighted by atomic mass is 127. The van der Waals surface area contributed by atoms with Crippen LogP contribution in [0.15, 0.2) is 97.1 Å². The second-order valence-corrected chi connectivity index (χ2v) is 7.41. The fourth-order valence-electron chi connectivity index (χ4n) is 3.00. The Bertz CT molecular complexity index is 828. The number of carbonyl (C=O) groups excluding carboxylic acids is 1. The van der Waals surface area contributed by atoms with Crippen molar-refractivity contribution in [2.45, 2.75) is 10.3 Å². The Balaban J connectivity index is 2.17. The summed E-state index contributed by atoms with van der Waals surface area (Å²) in [6.45, 7) is 1.92. The number of hydrogen-bond donors (Lipinski definition) is 0. The smallest absolute Gasteiger partial charge is 0.187 e. The van der Waals surface area contributed by atoms with Crippen molar-refractivity contribution in [3.63, 3.8) is 0 Å². The van der Waals surface area contributed by atoms with Crippen LogP contribution >= 0.6 is 22.6 Å². The first kappa shape index (κ1) is 17.6. The monoisotopic (exact) mass is 438 g/mol. The lowest BCUT2D eigenvalue weighted by Crippen LogP contribution is -2.31. The topological polar surface area (TPSA) is 17.1 Å². The maximum atomic E-state index is 13.7. The number of rotatable bonds is 5. The molecule has 0 aromatic heterocycles. The van der Waals surface area contributed by atoms with Crippen LogP contribution in [0.3, 0.4) is 0 Å². The molecule has 0 saturated carbocycles. The molecule has 0 saturated heterocycles. The van der Waals surface area contributed by atoms with E-state index in [2.05, 4.69) is 22.6 Å². The largest absolute Gasteiger partial charge is 0.292 e. The Hall–Kier alpha value is -2.20. The van der Waals surface area contributed by atoms with Gasteiger partial charge in [-0.1, -0.05) is 120 Å². The zero-order valence-corrected chi connectivity index (χ0v) is 16.2. The van der Waals surface area contributed by atoms with E-state index in [9.17, 15) is 4.79 Å². The van der Waals surface area contributed by atoms with Gasteiger partial charge in [-0.3, -0.25) is 4.79 Å². The van der Waals surface area contributed by atoms with Crippen LogP contribution in [0.2, 0.25) is 0 Å². The van der Waals surface area contributed by atoms with Crippen LogP contribution < -0.4 is 0 Å². The molecule has 124 valence electrons. The van der Waals surface area contributed by atoms with Crippen molar-refractivity contribution in [1.82, 2.24) is 0 Å². The van der Waals surface area contributed by atoms with Gasteiger partial charge in [0.05, 0.1) is 0 Å². The predicted octanol–water partition coefficient (Wildman–Crippen LogP) is 6.04. The summed E-state index contributed by atoms with van der Waals surface area (Å²) in [5, 5.41) is 0. The van der Waals surface area contributed by atoms with Crippen molar-refractivity contribution < 1.29 is 4.79 Å². The molecule has 3 rings (SSSR count). The van der Waals surface area contributed by atoms with Crippen molar-refractivity contribution in [2.24, 2.45) is 0 Å². The average molecular weight is 438 g/mol. The van der Waals surface area contributed by atoms with Gasteiger partial charge < -0.3 is 0 Å². The molecule has 3 aromatic carbocycles. The summed E-state index contributed by atoms with van der Waals surface area (Å²) in [4.78, 5) is 13.7. The molecule has 0 aliphatic rings. The van der Waals surface area contributed by atoms with Crippen molar-refractivity contribution in [3.8, 4) is 0 Å². The number of ketones is 1. The quantitative estimate of drug-likeness (QED) is 0.270. The molecular weight excluding hydrogens is 419 g/mol. The van der Waals surface area contributed by atoms with Gasteiger partial charge in [-0.25, -0.2) is 0 Å². The number of benzene rings is 3. The lowest BCUT2D eigenvalue weighted by Gasteiger charge is -2.28. The van der Waals surface area contributed by atoms with Crippen LogP contribution in [0.4, 0.5) is 0 Å². The Morgan fingerprint density at radius 1 is 0.760 bits per heavy atom. The van der Waals surface area contributed by atoms with Crippen molar-refractivity contribution in [1.29, 1.82) is 0 Å². The van der Waals surface area contributed by atoms with Crippen LogP contribution in [0, 0.1) is 0 Å². The Labute approximate surface area is 162 Å². The molecule has 0 fully saturated rings. The minimum absolute atomic E-state index is 0.0965. The normalized spacial score (nSPS) is 12.0. The number of alkyl halides is 1. The minimum atomic E-state index is -0.766. The third kappa shape index (κ3) is 3.45. The van der Waals surface area contributed by atoms with Gasteiger partial charge in [-0.15, -0.1) is 0 Å². The molecule has 25 heavy (non-hydrogen) atoms. The molecule has 2 heteroatoms. The van der Waals surface area contributed by atoms with E-state index < -0.39 is 3.42 Å². The zero-order valence-electron chi connectivity index (χ0n) is 14.0. The summed E-state index contributed by atoms with van der Waals surface area (Å²) in [6.07, 6.45) is 1.91. The molecule has 1 nitrogen and oxygen atoms in total. The van der Waals surface area contributed by atoms with Crippen molar-refractivity contribution >= 4 is 33.9 Å². The molecule has 0 heterocycles. The van der Waals surface area contributed by atoms with E-state index in [4.69, 9.17) is 0 Å². The van der Waals surface area contributed by atoms with Crippen LogP contribution in [-0.2, 0) is 8.22 Å². The molecular formula is C23H19IO. The van der Waals surface area contributed by atoms with E-state index >= 15 is 0 Å². The summed E-state index contributed by atoms with van der Waals surface area (Å²) in [7, 11) is 0. The van der Waals surface area contributed by atoms with Gasteiger partial charge in [0.1, 0.15) is 3.42 Å². The lowest BCUT2D eigenvalue weighted by atomic mass is 9.82. The van der Waals surface area contributed by atoms with Gasteiger partial charge in [-0.2, -0.15) is 0 Å². The van der Waals surface area contributed by atoms with Gasteiger partial charge in [0, 0.05) is 5.57 Å². The SMILES string of the molecule is CC=C(C(=O)C(I)(c1ccccc1)c1ccccc1)c1ccccc1. The van der Waals surface area contributed by atoms with Crippen molar-refractivity contribution in [2.75, 3.05) is 0 Å². The molecule has 0 amide bonds. The van der Waals surface area contributed by atoms with E-state index in [1.165, 1.54) is 0 Å². The first-order valence-electron chi connectivity index (χ1n) is 8.24. The average Bonchev–Trinajstić information content (AvgIpc) is 2.70. The van der Waals surface area contributed by atoms with Gasteiger partial charge in [0.25, 0.3) is 0 Å². The Morgan fingerprint density at radius 2 is 1.16 bits per heavy atom. The minimum Gasteiger partial charge on any atom is -0.292 e. The van der Waals surface area contributed by atoms with E-state index in [1.807, 2.05) is 104 Å². The number of halogens is 1. The molecule has 0 bridgehead atoms. The molecule has 0 aliphatic heterocycles. The Morgan fingerprint density at radius 3 is 1.56 bits per heavy atom. The molecule has 0 aliphatic carbocycles. The predicted molar refractivity (Wildman–Crippen MR) is 113 cm³/mol. The summed E-state index contributed by atoms with van der Waals surface area (Å²) >= 11 is 2.31. The zero-order chi connectivity index (χ0) is 17.7. The van der Waals surface area contributed by atoms with Crippen LogP contribution in [0.5, 0.6) is 0 Å². The highest BCUT2D eigenvalue weighted by Gasteiger charge is 2.40. The second kappa shape index (κ2) is 7.79. The maximum absolute atomic E-state index is 13.7. The van der Waals surface area contributed by atoms with Gasteiger partial charge in [0.15, 0.2) is 5.78 Å². The number of carbonyl (C=O) groups is 1. The van der Waals surface area contributed by atoms with Crippen LogP contribution in [0.1, 0.15) is 23.6 Å². The first-order valence-corrected chi connectivity index (χ1v) is 9.32. The van der Waals surface area contributed by atoms with Gasteiger partial charge in [-0.05, 0) is 23.6 Å². The summed E-state index contributed by atoms with van der Waals surface area (Å²) in [5.74, 6) is 0.0965. The highest BCUT2D eigenvalue weighted by molar-refractivity contribution is 14.1. The molecule has 0 spiro atoms. The third-order valence-corrected chi connectivity index (χ3v) is 6.01. The number of allylic oxidation sites excluding steroid dienone is 2. The molecule has 0 unspecified atom stereocenters. The van der Waals surface area contributed by atoms with Crippen LogP contribution in [0.25, 0.3) is 5.57 Å². The summed E-state index contributed by atoms with van der Waals surface area (Å²) < 4.78 is -0.766. The second-order valence-electron chi connectivity index (χ2n) is 5.79. The van der Waals surface area contributed by atoms with E-state index in [0.717, 1.165) is 22.3 Å². The standard InChI is InChI=1S/C23H19IO/c1-2-21(18-12-6-3-7-13-18)22(25)23(24,19-14-8-4-9-15-19)20-16-10-5-11-17-20/h2-17H,1H3. The molecule has 0 atom stereocenters. The number of Topliss-reactive ketones (excluding diaryl/α,β-unsaturated/α-hetero) is 1. The van der Waals surface area contributed by atoms with E-state index in [-0.39, 0.29) is 5.78 Å². The summed E-state index contributed by atoms with van der Waals surface area (Å²) in [5.41, 5.74) is 3.66.